The van der Waals surface area contributed by atoms with Gasteiger partial charge in [0.2, 0.25) is 10.0 Å². The molecule has 168 valence electrons. The molecule has 4 N–H and O–H groups in total. The molecule has 0 saturated heterocycles. The molecular formula is C18H17ClF3N3O5S. The minimum absolute atomic E-state index is 0.0907. The maximum Gasteiger partial charge on any atom is 0.441 e. The Kier molecular flexibility index (Phi) is 7.19. The Morgan fingerprint density at radius 1 is 1.13 bits per heavy atom. The van der Waals surface area contributed by atoms with Crippen molar-refractivity contribution in [3.8, 4) is 0 Å². The number of sulfonamides is 1. The molecule has 0 heterocycles. The average Bonchev–Trinajstić information content (AvgIpc) is 2.66. The Labute approximate surface area is 180 Å². The summed E-state index contributed by atoms with van der Waals surface area (Å²) in [6, 6.07) is 8.84. The monoisotopic (exact) mass is 479 g/mol. The number of esters is 1. The SMILES string of the molecule is CCOC(=O)[C@](NC(=O)c1cccc(Cl)c1)(Nc1ccc(S(N)(=O)=O)cc1)C(F)(F)F. The van der Waals surface area contributed by atoms with Gasteiger partial charge < -0.3 is 15.4 Å². The molecule has 2 rings (SSSR count). The fourth-order valence-electron chi connectivity index (χ4n) is 2.45. The number of nitrogens with two attached hydrogens (primary N) is 1. The van der Waals surface area contributed by atoms with Crippen molar-refractivity contribution in [1.29, 1.82) is 0 Å². The van der Waals surface area contributed by atoms with Crippen molar-refractivity contribution < 1.29 is 35.9 Å². The number of primary sulfonamides is 1. The number of carbonyl (C=O) groups excluding carboxylic acids is 2. The van der Waals surface area contributed by atoms with Gasteiger partial charge in [-0.3, -0.25) is 4.79 Å². The number of halogens is 4. The summed E-state index contributed by atoms with van der Waals surface area (Å²) >= 11 is 5.77. The zero-order chi connectivity index (χ0) is 23.4. The average molecular weight is 480 g/mol. The molecule has 1 atom stereocenters. The third-order valence-electron chi connectivity index (χ3n) is 3.91. The molecule has 0 saturated carbocycles. The van der Waals surface area contributed by atoms with Crippen LogP contribution >= 0.6 is 11.6 Å². The van der Waals surface area contributed by atoms with Crippen LogP contribution in [0.3, 0.4) is 0 Å². The van der Waals surface area contributed by atoms with Gasteiger partial charge in [-0.1, -0.05) is 17.7 Å². The van der Waals surface area contributed by atoms with Crippen LogP contribution in [0.4, 0.5) is 18.9 Å². The van der Waals surface area contributed by atoms with Crippen molar-refractivity contribution >= 4 is 39.2 Å². The van der Waals surface area contributed by atoms with E-state index in [-0.39, 0.29) is 21.2 Å². The summed E-state index contributed by atoms with van der Waals surface area (Å²) in [5.74, 6) is -3.09. The van der Waals surface area contributed by atoms with Gasteiger partial charge in [-0.15, -0.1) is 0 Å². The third-order valence-corrected chi connectivity index (χ3v) is 5.07. The lowest BCUT2D eigenvalue weighted by molar-refractivity contribution is -0.204. The van der Waals surface area contributed by atoms with Crippen LogP contribution in [0.2, 0.25) is 5.02 Å². The predicted octanol–water partition coefficient (Wildman–Crippen LogP) is 2.65. The molecule has 13 heteroatoms. The maximum atomic E-state index is 14.1. The fourth-order valence-corrected chi connectivity index (χ4v) is 3.15. The van der Waals surface area contributed by atoms with Crippen molar-refractivity contribution in [1.82, 2.24) is 5.32 Å². The van der Waals surface area contributed by atoms with Crippen LogP contribution in [0.1, 0.15) is 17.3 Å². The normalized spacial score (nSPS) is 13.7. The third kappa shape index (κ3) is 5.66. The van der Waals surface area contributed by atoms with E-state index in [4.69, 9.17) is 16.7 Å². The number of nitrogens with one attached hydrogen (secondary N) is 2. The van der Waals surface area contributed by atoms with Gasteiger partial charge in [0.1, 0.15) is 0 Å². The Morgan fingerprint density at radius 2 is 1.74 bits per heavy atom. The second-order valence-corrected chi connectivity index (χ2v) is 8.12. The number of benzene rings is 2. The van der Waals surface area contributed by atoms with Crippen molar-refractivity contribution in [2.75, 3.05) is 11.9 Å². The van der Waals surface area contributed by atoms with Gasteiger partial charge in [0.05, 0.1) is 11.5 Å². The van der Waals surface area contributed by atoms with E-state index in [2.05, 4.69) is 4.74 Å². The van der Waals surface area contributed by atoms with Crippen LogP contribution in [0.25, 0.3) is 0 Å². The van der Waals surface area contributed by atoms with Gasteiger partial charge in [-0.05, 0) is 49.4 Å². The molecule has 0 unspecified atom stereocenters. The van der Waals surface area contributed by atoms with Gasteiger partial charge in [0.15, 0.2) is 0 Å². The first-order valence-electron chi connectivity index (χ1n) is 8.53. The Hall–Kier alpha value is -2.83. The number of ether oxygens (including phenoxy) is 1. The lowest BCUT2D eigenvalue weighted by atomic mass is 10.1. The lowest BCUT2D eigenvalue weighted by Crippen LogP contribution is -2.69. The summed E-state index contributed by atoms with van der Waals surface area (Å²) in [5, 5.41) is 8.61. The summed E-state index contributed by atoms with van der Waals surface area (Å²) in [6.07, 6.45) is -5.37. The molecule has 0 aliphatic heterocycles. The number of carbonyl (C=O) groups is 2. The molecule has 0 bridgehead atoms. The van der Waals surface area contributed by atoms with E-state index in [1.807, 2.05) is 5.32 Å². The number of hydrogen-bond acceptors (Lipinski definition) is 6. The highest BCUT2D eigenvalue weighted by Crippen LogP contribution is 2.34. The van der Waals surface area contributed by atoms with Crippen molar-refractivity contribution in [2.45, 2.75) is 23.7 Å². The van der Waals surface area contributed by atoms with Crippen molar-refractivity contribution in [3.63, 3.8) is 0 Å². The topological polar surface area (TPSA) is 128 Å². The number of amides is 1. The predicted molar refractivity (Wildman–Crippen MR) is 106 cm³/mol. The number of hydrogen-bond donors (Lipinski definition) is 3. The van der Waals surface area contributed by atoms with E-state index in [9.17, 15) is 31.2 Å². The largest absolute Gasteiger partial charge is 0.463 e. The van der Waals surface area contributed by atoms with Crippen LogP contribution < -0.4 is 15.8 Å². The first kappa shape index (κ1) is 24.4. The zero-order valence-corrected chi connectivity index (χ0v) is 17.4. The molecular weight excluding hydrogens is 463 g/mol. The van der Waals surface area contributed by atoms with Crippen LogP contribution in [0.5, 0.6) is 0 Å². The quantitative estimate of drug-likeness (QED) is 0.414. The van der Waals surface area contributed by atoms with E-state index in [1.165, 1.54) is 25.1 Å². The second kappa shape index (κ2) is 9.12. The molecule has 0 aromatic heterocycles. The number of alkyl halides is 3. The van der Waals surface area contributed by atoms with Gasteiger partial charge in [-0.25, -0.2) is 18.4 Å². The Bertz CT molecular complexity index is 1080. The maximum absolute atomic E-state index is 14.1. The molecule has 2 aromatic carbocycles. The fraction of sp³-hybridized carbons (Fsp3) is 0.222. The molecule has 1 amide bonds. The lowest BCUT2D eigenvalue weighted by Gasteiger charge is -2.35. The number of anilines is 1. The van der Waals surface area contributed by atoms with Crippen LogP contribution in [-0.2, 0) is 19.6 Å². The molecule has 0 spiro atoms. The highest BCUT2D eigenvalue weighted by atomic mass is 35.5. The summed E-state index contributed by atoms with van der Waals surface area (Å²) in [4.78, 5) is 24.6. The van der Waals surface area contributed by atoms with Gasteiger partial charge in [0.25, 0.3) is 5.91 Å². The van der Waals surface area contributed by atoms with Gasteiger partial charge in [0, 0.05) is 16.3 Å². The van der Waals surface area contributed by atoms with E-state index in [0.717, 1.165) is 30.3 Å². The van der Waals surface area contributed by atoms with E-state index in [1.54, 1.807) is 5.32 Å². The number of rotatable bonds is 7. The van der Waals surface area contributed by atoms with Crippen LogP contribution in [0.15, 0.2) is 53.4 Å². The summed E-state index contributed by atoms with van der Waals surface area (Å²) in [6.45, 7) is 0.883. The first-order valence-corrected chi connectivity index (χ1v) is 10.5. The summed E-state index contributed by atoms with van der Waals surface area (Å²) in [7, 11) is -4.10. The standard InChI is InChI=1S/C18H17ClF3N3O5S/c1-2-30-16(27)17(18(20,21)22,25-15(26)11-4-3-5-12(19)10-11)24-13-6-8-14(9-7-13)31(23,28)29/h3-10,24H,2H2,1H3,(H,25,26)(H2,23,28,29)/t17-/m1/s1. The highest BCUT2D eigenvalue weighted by molar-refractivity contribution is 7.89. The van der Waals surface area contributed by atoms with E-state index >= 15 is 0 Å². The molecule has 0 radical (unpaired) electrons. The highest BCUT2D eigenvalue weighted by Gasteiger charge is 2.63. The van der Waals surface area contributed by atoms with E-state index in [0.29, 0.717) is 0 Å². The molecule has 2 aromatic rings. The smallest absolute Gasteiger partial charge is 0.441 e. The minimum atomic E-state index is -5.37. The molecule has 31 heavy (non-hydrogen) atoms. The van der Waals surface area contributed by atoms with Crippen molar-refractivity contribution in [2.24, 2.45) is 5.14 Å². The van der Waals surface area contributed by atoms with Crippen LogP contribution in [-0.4, -0.2) is 38.7 Å². The summed E-state index contributed by atoms with van der Waals surface area (Å²) < 4.78 is 69.7. The molecule has 0 fully saturated rings. The van der Waals surface area contributed by atoms with E-state index < -0.39 is 40.3 Å². The van der Waals surface area contributed by atoms with Gasteiger partial charge in [-0.2, -0.15) is 13.2 Å². The molecule has 8 nitrogen and oxygen atoms in total. The summed E-state index contributed by atoms with van der Waals surface area (Å²) in [5.41, 5.74) is -4.27. The Morgan fingerprint density at radius 3 is 2.23 bits per heavy atom. The van der Waals surface area contributed by atoms with Gasteiger partial charge >= 0.3 is 17.8 Å². The zero-order valence-electron chi connectivity index (χ0n) is 15.9. The molecule has 0 aliphatic carbocycles. The van der Waals surface area contributed by atoms with Crippen LogP contribution in [0, 0.1) is 0 Å². The Balaban J connectivity index is 2.52. The second-order valence-electron chi connectivity index (χ2n) is 6.13. The molecule has 0 aliphatic rings. The van der Waals surface area contributed by atoms with Crippen molar-refractivity contribution in [3.05, 3.63) is 59.1 Å². The first-order chi connectivity index (χ1) is 14.3. The minimum Gasteiger partial charge on any atom is -0.463 e.